The number of carbonyl (C=O) groups excluding carboxylic acids is 1. The van der Waals surface area contributed by atoms with Crippen LogP contribution in [0.5, 0.6) is 0 Å². The number of anilines is 3. The van der Waals surface area contributed by atoms with Gasteiger partial charge in [-0.2, -0.15) is 5.26 Å². The highest BCUT2D eigenvalue weighted by atomic mass is 19.1. The molecule has 10 heteroatoms. The molecule has 0 saturated carbocycles. The first-order valence-corrected chi connectivity index (χ1v) is 10.7. The van der Waals surface area contributed by atoms with E-state index in [1.807, 2.05) is 13.0 Å². The third-order valence-corrected chi connectivity index (χ3v) is 4.65. The molecule has 2 rings (SSSR count). The van der Waals surface area contributed by atoms with Crippen LogP contribution in [0.15, 0.2) is 18.3 Å². The summed E-state index contributed by atoms with van der Waals surface area (Å²) in [6.45, 7) is 10.6. The highest BCUT2D eigenvalue weighted by molar-refractivity contribution is 5.68. The summed E-state index contributed by atoms with van der Waals surface area (Å²) in [6.07, 6.45) is 2.18. The minimum Gasteiger partial charge on any atom is -0.444 e. The minimum absolute atomic E-state index is 0.0500. The number of nitriles is 1. The van der Waals surface area contributed by atoms with Gasteiger partial charge in [-0.25, -0.2) is 18.6 Å². The van der Waals surface area contributed by atoms with Gasteiger partial charge in [-0.15, -0.1) is 0 Å². The number of carbonyl (C=O) groups is 1. The Hall–Kier alpha value is -3.48. The Bertz CT molecular complexity index is 1030. The van der Waals surface area contributed by atoms with Gasteiger partial charge in [-0.1, -0.05) is 13.3 Å². The summed E-state index contributed by atoms with van der Waals surface area (Å²) in [5.74, 6) is -1.30. The molecular formula is C23H30F2N6O2. The molecular weight excluding hydrogens is 430 g/mol. The van der Waals surface area contributed by atoms with E-state index in [1.165, 1.54) is 19.2 Å². The quantitative estimate of drug-likeness (QED) is 0.498. The molecule has 0 aliphatic carbocycles. The van der Waals surface area contributed by atoms with Crippen LogP contribution in [0, 0.1) is 29.9 Å². The Morgan fingerprint density at radius 2 is 1.94 bits per heavy atom. The van der Waals surface area contributed by atoms with Crippen molar-refractivity contribution < 1.29 is 18.3 Å². The van der Waals surface area contributed by atoms with Gasteiger partial charge in [0.05, 0.1) is 23.1 Å². The van der Waals surface area contributed by atoms with Crippen LogP contribution in [0.25, 0.3) is 0 Å². The molecule has 0 spiro atoms. The standard InChI is InChI=1S/C23H30F2N6O2/c1-7-8-19(14(3)28-22(32)33-23(4,5)6)30-21-18(25)9-15(11-26)20(31-21)29-16-10-17(24)13(2)27-12-16/h9-10,12,14,19H,7-8H2,1-6H3,(H,28,32)(H2,29,30,31)/t14-,19+/m0/s1. The molecule has 0 fully saturated rings. The molecule has 2 aromatic rings. The molecule has 0 aromatic carbocycles. The van der Waals surface area contributed by atoms with E-state index in [0.717, 1.165) is 12.5 Å². The normalized spacial score (nSPS) is 12.9. The Balaban J connectivity index is 2.27. The van der Waals surface area contributed by atoms with Crippen LogP contribution in [-0.4, -0.2) is 33.7 Å². The third kappa shape index (κ3) is 7.56. The fourth-order valence-corrected chi connectivity index (χ4v) is 3.01. The molecule has 0 unspecified atom stereocenters. The molecule has 2 atom stereocenters. The predicted octanol–water partition coefficient (Wildman–Crippen LogP) is 5.17. The number of ether oxygens (including phenoxy) is 1. The molecule has 0 aliphatic rings. The van der Waals surface area contributed by atoms with E-state index in [0.29, 0.717) is 6.42 Å². The van der Waals surface area contributed by atoms with E-state index in [1.54, 1.807) is 27.7 Å². The number of hydrogen-bond donors (Lipinski definition) is 3. The van der Waals surface area contributed by atoms with Crippen molar-refractivity contribution in [3.63, 3.8) is 0 Å². The minimum atomic E-state index is -0.726. The fraction of sp³-hybridized carbons (Fsp3) is 0.478. The van der Waals surface area contributed by atoms with Crippen molar-refractivity contribution in [1.82, 2.24) is 15.3 Å². The number of nitrogens with zero attached hydrogens (tertiary/aromatic N) is 3. The summed E-state index contributed by atoms with van der Waals surface area (Å²) in [6, 6.07) is 3.36. The first kappa shape index (κ1) is 25.8. The largest absolute Gasteiger partial charge is 0.444 e. The number of hydrogen-bond acceptors (Lipinski definition) is 7. The van der Waals surface area contributed by atoms with Crippen molar-refractivity contribution in [2.24, 2.45) is 0 Å². The van der Waals surface area contributed by atoms with Crippen molar-refractivity contribution in [3.8, 4) is 6.07 Å². The van der Waals surface area contributed by atoms with Crippen LogP contribution in [0.3, 0.4) is 0 Å². The summed E-state index contributed by atoms with van der Waals surface area (Å²) in [7, 11) is 0. The van der Waals surface area contributed by atoms with Crippen LogP contribution < -0.4 is 16.0 Å². The summed E-state index contributed by atoms with van der Waals surface area (Å²) in [5.41, 5.74) is -0.205. The molecule has 0 bridgehead atoms. The molecule has 2 aromatic heterocycles. The lowest BCUT2D eigenvalue weighted by molar-refractivity contribution is 0.0502. The molecule has 178 valence electrons. The van der Waals surface area contributed by atoms with Gasteiger partial charge in [-0.3, -0.25) is 4.98 Å². The lowest BCUT2D eigenvalue weighted by atomic mass is 10.0. The van der Waals surface area contributed by atoms with Crippen LogP contribution in [0.1, 0.15) is 58.7 Å². The van der Waals surface area contributed by atoms with Crippen molar-refractivity contribution in [2.45, 2.75) is 72.1 Å². The predicted molar refractivity (Wildman–Crippen MR) is 122 cm³/mol. The van der Waals surface area contributed by atoms with Gasteiger partial charge in [0.2, 0.25) is 0 Å². The number of alkyl carbamates (subject to hydrolysis) is 1. The van der Waals surface area contributed by atoms with E-state index < -0.39 is 29.4 Å². The first-order chi connectivity index (χ1) is 15.4. The maximum absolute atomic E-state index is 14.7. The van der Waals surface area contributed by atoms with Crippen LogP contribution >= 0.6 is 0 Å². The smallest absolute Gasteiger partial charge is 0.407 e. The van der Waals surface area contributed by atoms with Gasteiger partial charge in [0, 0.05) is 18.2 Å². The SMILES string of the molecule is CCC[C@@H](Nc1nc(Nc2cnc(C)c(F)c2)c(C#N)cc1F)[C@H](C)NC(=O)OC(C)(C)C. The molecule has 33 heavy (non-hydrogen) atoms. The summed E-state index contributed by atoms with van der Waals surface area (Å²) in [4.78, 5) is 20.3. The second kappa shape index (κ2) is 10.9. The molecule has 8 nitrogen and oxygen atoms in total. The highest BCUT2D eigenvalue weighted by Crippen LogP contribution is 2.25. The Morgan fingerprint density at radius 3 is 2.52 bits per heavy atom. The van der Waals surface area contributed by atoms with E-state index in [9.17, 15) is 18.8 Å². The van der Waals surface area contributed by atoms with E-state index in [4.69, 9.17) is 4.74 Å². The molecule has 0 aliphatic heterocycles. The Kier molecular flexibility index (Phi) is 8.51. The fourth-order valence-electron chi connectivity index (χ4n) is 3.01. The zero-order chi connectivity index (χ0) is 24.8. The summed E-state index contributed by atoms with van der Waals surface area (Å²) in [5, 5.41) is 18.0. The zero-order valence-electron chi connectivity index (χ0n) is 19.7. The maximum atomic E-state index is 14.7. The average Bonchev–Trinajstić information content (AvgIpc) is 2.70. The van der Waals surface area contributed by atoms with E-state index in [2.05, 4.69) is 25.9 Å². The van der Waals surface area contributed by atoms with Gasteiger partial charge in [0.1, 0.15) is 17.5 Å². The van der Waals surface area contributed by atoms with E-state index >= 15 is 0 Å². The lowest BCUT2D eigenvalue weighted by Gasteiger charge is -2.28. The number of aryl methyl sites for hydroxylation is 1. The molecule has 0 radical (unpaired) electrons. The van der Waals surface area contributed by atoms with Crippen LogP contribution in [0.4, 0.5) is 30.9 Å². The van der Waals surface area contributed by atoms with Gasteiger partial charge >= 0.3 is 6.09 Å². The lowest BCUT2D eigenvalue weighted by Crippen LogP contribution is -2.46. The topological polar surface area (TPSA) is 112 Å². The van der Waals surface area contributed by atoms with Crippen LogP contribution in [-0.2, 0) is 4.74 Å². The third-order valence-electron chi connectivity index (χ3n) is 4.65. The second-order valence-electron chi connectivity index (χ2n) is 8.72. The summed E-state index contributed by atoms with van der Waals surface area (Å²) >= 11 is 0. The first-order valence-electron chi connectivity index (χ1n) is 10.7. The number of halogens is 2. The van der Waals surface area contributed by atoms with Gasteiger partial charge in [-0.05, 0) is 47.1 Å². The maximum Gasteiger partial charge on any atom is 0.407 e. The molecule has 1 amide bonds. The Labute approximate surface area is 192 Å². The number of pyridine rings is 2. The Morgan fingerprint density at radius 1 is 1.24 bits per heavy atom. The zero-order valence-corrected chi connectivity index (χ0v) is 19.7. The van der Waals surface area contributed by atoms with Crippen molar-refractivity contribution in [2.75, 3.05) is 10.6 Å². The summed E-state index contributed by atoms with van der Waals surface area (Å²) < 4.78 is 33.9. The second-order valence-corrected chi connectivity index (χ2v) is 8.72. The number of amides is 1. The van der Waals surface area contributed by atoms with Gasteiger partial charge in [0.15, 0.2) is 17.5 Å². The monoisotopic (exact) mass is 460 g/mol. The van der Waals surface area contributed by atoms with Crippen molar-refractivity contribution >= 4 is 23.4 Å². The van der Waals surface area contributed by atoms with Crippen molar-refractivity contribution in [1.29, 1.82) is 5.26 Å². The molecule has 3 N–H and O–H groups in total. The van der Waals surface area contributed by atoms with Gasteiger partial charge in [0.25, 0.3) is 0 Å². The number of aromatic nitrogens is 2. The molecule has 0 saturated heterocycles. The molecule has 2 heterocycles. The average molecular weight is 461 g/mol. The number of rotatable bonds is 8. The van der Waals surface area contributed by atoms with Crippen molar-refractivity contribution in [3.05, 3.63) is 41.2 Å². The van der Waals surface area contributed by atoms with Crippen LogP contribution in [0.2, 0.25) is 0 Å². The number of nitrogens with one attached hydrogen (secondary N) is 3. The highest BCUT2D eigenvalue weighted by Gasteiger charge is 2.24. The van der Waals surface area contributed by atoms with Gasteiger partial charge < -0.3 is 20.7 Å². The van der Waals surface area contributed by atoms with E-state index in [-0.39, 0.29) is 34.6 Å².